The molecular formula is C16H19Cl2N3O3. The molecule has 0 unspecified atom stereocenters. The zero-order chi connectivity index (χ0) is 17.9. The topological polar surface area (TPSA) is 69.7 Å². The highest BCUT2D eigenvalue weighted by Crippen LogP contribution is 2.31. The lowest BCUT2D eigenvalue weighted by Gasteiger charge is -2.36. The molecular weight excluding hydrogens is 353 g/mol. The van der Waals surface area contributed by atoms with Crippen molar-refractivity contribution in [2.75, 3.05) is 31.5 Å². The summed E-state index contributed by atoms with van der Waals surface area (Å²) in [6, 6.07) is 4.90. The number of benzene rings is 1. The smallest absolute Gasteiger partial charge is 0.239 e. The van der Waals surface area contributed by atoms with Crippen molar-refractivity contribution >= 4 is 47.1 Å². The molecule has 24 heavy (non-hydrogen) atoms. The summed E-state index contributed by atoms with van der Waals surface area (Å²) in [5.74, 6) is -0.752. The minimum absolute atomic E-state index is 0.232. The van der Waals surface area contributed by atoms with Gasteiger partial charge in [0.2, 0.25) is 18.2 Å². The Balaban J connectivity index is 2.08. The second-order valence-corrected chi connectivity index (χ2v) is 6.90. The van der Waals surface area contributed by atoms with Gasteiger partial charge < -0.3 is 15.1 Å². The number of halogens is 2. The zero-order valence-corrected chi connectivity index (χ0v) is 15.0. The van der Waals surface area contributed by atoms with E-state index < -0.39 is 11.3 Å². The third-order valence-electron chi connectivity index (χ3n) is 4.05. The Bertz CT molecular complexity index is 656. The van der Waals surface area contributed by atoms with Gasteiger partial charge >= 0.3 is 0 Å². The summed E-state index contributed by atoms with van der Waals surface area (Å²) in [7, 11) is 0. The van der Waals surface area contributed by atoms with E-state index in [0.29, 0.717) is 36.9 Å². The number of rotatable bonds is 4. The van der Waals surface area contributed by atoms with Crippen LogP contribution in [0, 0.1) is 5.41 Å². The summed E-state index contributed by atoms with van der Waals surface area (Å²) in [5, 5.41) is 3.22. The Morgan fingerprint density at radius 2 is 1.79 bits per heavy atom. The van der Waals surface area contributed by atoms with E-state index in [9.17, 15) is 14.4 Å². The van der Waals surface area contributed by atoms with Crippen molar-refractivity contribution in [3.05, 3.63) is 28.2 Å². The van der Waals surface area contributed by atoms with E-state index in [2.05, 4.69) is 5.32 Å². The maximum atomic E-state index is 12.7. The molecule has 1 saturated heterocycles. The standard InChI is InChI=1S/C16H19Cl2N3O3/c1-16(2,15(24)21-8-6-20(10-22)7-9-21)14(23)19-12-5-3-4-11(17)13(12)18/h3-5,10H,6-9H2,1-2H3,(H,19,23). The highest BCUT2D eigenvalue weighted by Gasteiger charge is 2.40. The summed E-state index contributed by atoms with van der Waals surface area (Å²) < 4.78 is 0. The Morgan fingerprint density at radius 3 is 2.38 bits per heavy atom. The first-order valence-corrected chi connectivity index (χ1v) is 8.27. The quantitative estimate of drug-likeness (QED) is 0.651. The molecule has 1 fully saturated rings. The molecule has 3 amide bonds. The van der Waals surface area contributed by atoms with Crippen LogP contribution in [0.4, 0.5) is 5.69 Å². The van der Waals surface area contributed by atoms with Crippen molar-refractivity contribution in [2.24, 2.45) is 5.41 Å². The number of hydrogen-bond acceptors (Lipinski definition) is 3. The number of carbonyl (C=O) groups excluding carboxylic acids is 3. The van der Waals surface area contributed by atoms with Crippen LogP contribution in [0.3, 0.4) is 0 Å². The molecule has 1 N–H and O–H groups in total. The third-order valence-corrected chi connectivity index (χ3v) is 4.87. The lowest BCUT2D eigenvalue weighted by molar-refractivity contribution is -0.148. The van der Waals surface area contributed by atoms with E-state index in [0.717, 1.165) is 6.41 Å². The van der Waals surface area contributed by atoms with Crippen LogP contribution in [0.2, 0.25) is 10.0 Å². The summed E-state index contributed by atoms with van der Waals surface area (Å²) >= 11 is 12.0. The van der Waals surface area contributed by atoms with Crippen LogP contribution in [0.15, 0.2) is 18.2 Å². The second-order valence-electron chi connectivity index (χ2n) is 6.11. The predicted octanol–water partition coefficient (Wildman–Crippen LogP) is 2.26. The molecule has 1 aliphatic rings. The molecule has 0 spiro atoms. The van der Waals surface area contributed by atoms with Crippen molar-refractivity contribution in [3.8, 4) is 0 Å². The fraction of sp³-hybridized carbons (Fsp3) is 0.438. The number of nitrogens with zero attached hydrogens (tertiary/aromatic N) is 2. The van der Waals surface area contributed by atoms with E-state index in [-0.39, 0.29) is 10.9 Å². The number of piperazine rings is 1. The average Bonchev–Trinajstić information content (AvgIpc) is 2.58. The molecule has 0 aromatic heterocycles. The Kier molecular flexibility index (Phi) is 5.72. The summed E-state index contributed by atoms with van der Waals surface area (Å²) in [5.41, 5.74) is -0.907. The zero-order valence-electron chi connectivity index (χ0n) is 13.5. The van der Waals surface area contributed by atoms with Crippen molar-refractivity contribution in [2.45, 2.75) is 13.8 Å². The SMILES string of the molecule is CC(C)(C(=O)Nc1cccc(Cl)c1Cl)C(=O)N1CCN(C=O)CC1. The Hall–Kier alpha value is -1.79. The summed E-state index contributed by atoms with van der Waals surface area (Å²) in [4.78, 5) is 39.2. The average molecular weight is 372 g/mol. The van der Waals surface area contributed by atoms with E-state index in [1.54, 1.807) is 41.8 Å². The van der Waals surface area contributed by atoms with Gasteiger partial charge in [0.05, 0.1) is 15.7 Å². The lowest BCUT2D eigenvalue weighted by Crippen LogP contribution is -2.54. The maximum absolute atomic E-state index is 12.7. The fourth-order valence-electron chi connectivity index (χ4n) is 2.40. The fourth-order valence-corrected chi connectivity index (χ4v) is 2.75. The minimum atomic E-state index is -1.27. The number of carbonyl (C=O) groups is 3. The van der Waals surface area contributed by atoms with Gasteiger partial charge in [0.15, 0.2) is 0 Å². The first-order chi connectivity index (χ1) is 11.3. The summed E-state index contributed by atoms with van der Waals surface area (Å²) in [6.45, 7) is 4.88. The minimum Gasteiger partial charge on any atom is -0.342 e. The number of anilines is 1. The lowest BCUT2D eigenvalue weighted by atomic mass is 9.89. The van der Waals surface area contributed by atoms with E-state index in [1.165, 1.54) is 0 Å². The van der Waals surface area contributed by atoms with Crippen LogP contribution in [-0.2, 0) is 14.4 Å². The van der Waals surface area contributed by atoms with Crippen LogP contribution in [0.1, 0.15) is 13.8 Å². The molecule has 1 heterocycles. The Morgan fingerprint density at radius 1 is 1.17 bits per heavy atom. The molecule has 1 aliphatic heterocycles. The molecule has 0 atom stereocenters. The number of hydrogen-bond donors (Lipinski definition) is 1. The van der Waals surface area contributed by atoms with Gasteiger partial charge in [0.1, 0.15) is 5.41 Å². The first-order valence-electron chi connectivity index (χ1n) is 7.51. The van der Waals surface area contributed by atoms with Crippen molar-refractivity contribution in [1.29, 1.82) is 0 Å². The highest BCUT2D eigenvalue weighted by atomic mass is 35.5. The predicted molar refractivity (Wildman–Crippen MR) is 93.1 cm³/mol. The van der Waals surface area contributed by atoms with Gasteiger partial charge in [-0.25, -0.2) is 0 Å². The van der Waals surface area contributed by atoms with Gasteiger partial charge in [-0.05, 0) is 26.0 Å². The van der Waals surface area contributed by atoms with E-state index in [4.69, 9.17) is 23.2 Å². The first kappa shape index (κ1) is 18.5. The van der Waals surface area contributed by atoms with Crippen molar-refractivity contribution < 1.29 is 14.4 Å². The molecule has 8 heteroatoms. The van der Waals surface area contributed by atoms with Crippen LogP contribution in [-0.4, -0.2) is 54.2 Å². The van der Waals surface area contributed by atoms with Crippen molar-refractivity contribution in [1.82, 2.24) is 9.80 Å². The van der Waals surface area contributed by atoms with E-state index >= 15 is 0 Å². The third kappa shape index (κ3) is 3.82. The van der Waals surface area contributed by atoms with Gasteiger partial charge in [-0.1, -0.05) is 29.3 Å². The maximum Gasteiger partial charge on any atom is 0.239 e. The van der Waals surface area contributed by atoms with Crippen molar-refractivity contribution in [3.63, 3.8) is 0 Å². The number of amides is 3. The molecule has 130 valence electrons. The molecule has 1 aromatic rings. The second kappa shape index (κ2) is 7.40. The van der Waals surface area contributed by atoms with Gasteiger partial charge in [-0.3, -0.25) is 14.4 Å². The van der Waals surface area contributed by atoms with Gasteiger partial charge in [0.25, 0.3) is 0 Å². The molecule has 2 rings (SSSR count). The number of nitrogens with one attached hydrogen (secondary N) is 1. The molecule has 0 bridgehead atoms. The molecule has 0 saturated carbocycles. The Labute approximate surface area is 150 Å². The molecule has 6 nitrogen and oxygen atoms in total. The normalized spacial score (nSPS) is 15.2. The monoisotopic (exact) mass is 371 g/mol. The van der Waals surface area contributed by atoms with Gasteiger partial charge in [-0.15, -0.1) is 0 Å². The van der Waals surface area contributed by atoms with Crippen LogP contribution < -0.4 is 5.32 Å². The molecule has 1 aromatic carbocycles. The van der Waals surface area contributed by atoms with Crippen LogP contribution >= 0.6 is 23.2 Å². The van der Waals surface area contributed by atoms with Crippen LogP contribution in [0.25, 0.3) is 0 Å². The molecule has 0 aliphatic carbocycles. The molecule has 0 radical (unpaired) electrons. The highest BCUT2D eigenvalue weighted by molar-refractivity contribution is 6.44. The van der Waals surface area contributed by atoms with Gasteiger partial charge in [-0.2, -0.15) is 0 Å². The van der Waals surface area contributed by atoms with E-state index in [1.807, 2.05) is 0 Å². The summed E-state index contributed by atoms with van der Waals surface area (Å²) in [6.07, 6.45) is 0.765. The van der Waals surface area contributed by atoms with Crippen LogP contribution in [0.5, 0.6) is 0 Å². The van der Waals surface area contributed by atoms with Gasteiger partial charge in [0, 0.05) is 26.2 Å². The largest absolute Gasteiger partial charge is 0.342 e.